The van der Waals surface area contributed by atoms with Gasteiger partial charge in [0.25, 0.3) is 0 Å². The van der Waals surface area contributed by atoms with Gasteiger partial charge in [0.15, 0.2) is 0 Å². The molecule has 1 fully saturated rings. The Morgan fingerprint density at radius 2 is 1.57 bits per heavy atom. The van der Waals surface area contributed by atoms with Crippen LogP contribution < -0.4 is 15.3 Å². The molecule has 0 spiro atoms. The molecule has 3 aromatic rings. The molecule has 4 rings (SSSR count). The number of piperazine rings is 1. The van der Waals surface area contributed by atoms with Gasteiger partial charge in [-0.3, -0.25) is 9.13 Å². The monoisotopic (exact) mass is 450 g/mol. The van der Waals surface area contributed by atoms with E-state index in [2.05, 4.69) is 4.90 Å². The lowest BCUT2D eigenvalue weighted by Gasteiger charge is -2.36. The highest BCUT2D eigenvalue weighted by atomic mass is 35.5. The van der Waals surface area contributed by atoms with Crippen LogP contribution in [0.5, 0.6) is 5.75 Å². The largest absolute Gasteiger partial charge is 0.495 e. The first-order chi connectivity index (χ1) is 14.3. The van der Waals surface area contributed by atoms with E-state index in [9.17, 15) is 13.2 Å². The lowest BCUT2D eigenvalue weighted by atomic mass is 10.2. The molecule has 0 bridgehead atoms. The highest BCUT2D eigenvalue weighted by Crippen LogP contribution is 2.32. The van der Waals surface area contributed by atoms with Crippen molar-refractivity contribution in [2.75, 3.05) is 38.2 Å². The predicted octanol–water partition coefficient (Wildman–Crippen LogP) is 2.05. The summed E-state index contributed by atoms with van der Waals surface area (Å²) in [6, 6.07) is 10.7. The van der Waals surface area contributed by atoms with E-state index in [1.54, 1.807) is 21.2 Å². The molecule has 1 aliphatic rings. The van der Waals surface area contributed by atoms with Gasteiger partial charge in [0.05, 0.1) is 28.9 Å². The zero-order chi connectivity index (χ0) is 21.6. The second-order valence-electron chi connectivity index (χ2n) is 7.23. The van der Waals surface area contributed by atoms with E-state index in [-0.39, 0.29) is 15.6 Å². The number of fused-ring (bicyclic) bond motifs is 1. The van der Waals surface area contributed by atoms with Gasteiger partial charge in [-0.15, -0.1) is 0 Å². The molecule has 2 aromatic carbocycles. The van der Waals surface area contributed by atoms with E-state index in [0.717, 1.165) is 11.4 Å². The number of hydrogen-bond acceptors (Lipinski definition) is 5. The van der Waals surface area contributed by atoms with Gasteiger partial charge in [-0.2, -0.15) is 4.31 Å². The third-order valence-electron chi connectivity index (χ3n) is 5.61. The minimum Gasteiger partial charge on any atom is -0.495 e. The van der Waals surface area contributed by atoms with Gasteiger partial charge in [0, 0.05) is 40.3 Å². The molecule has 0 saturated carbocycles. The maximum absolute atomic E-state index is 13.3. The topological polar surface area (TPSA) is 76.8 Å². The van der Waals surface area contributed by atoms with Crippen molar-refractivity contribution in [3.63, 3.8) is 0 Å². The molecule has 1 saturated heterocycles. The molecule has 0 aliphatic carbocycles. The molecular formula is C20H23ClN4O4S. The second-order valence-corrected chi connectivity index (χ2v) is 9.55. The molecule has 10 heteroatoms. The summed E-state index contributed by atoms with van der Waals surface area (Å²) in [5, 5.41) is 0.107. The number of ether oxygens (including phenoxy) is 1. The van der Waals surface area contributed by atoms with Crippen molar-refractivity contribution < 1.29 is 13.2 Å². The quantitative estimate of drug-likeness (QED) is 0.608. The third-order valence-corrected chi connectivity index (χ3v) is 7.97. The first kappa shape index (κ1) is 20.8. The van der Waals surface area contributed by atoms with Crippen LogP contribution in [0.2, 0.25) is 5.02 Å². The molecule has 1 aromatic heterocycles. The number of aryl methyl sites for hydroxylation is 2. The molecule has 160 valence electrons. The summed E-state index contributed by atoms with van der Waals surface area (Å²) in [6.45, 7) is 1.71. The van der Waals surface area contributed by atoms with E-state index in [0.29, 0.717) is 37.2 Å². The van der Waals surface area contributed by atoms with Gasteiger partial charge >= 0.3 is 5.69 Å². The number of aromatic nitrogens is 2. The SMILES string of the molecule is COc1ccccc1N1CCN(S(=O)(=O)c2cc3c(cc2Cl)n(C)c(=O)n3C)CC1. The number of halogens is 1. The Labute approximate surface area is 179 Å². The lowest BCUT2D eigenvalue weighted by Crippen LogP contribution is -2.48. The van der Waals surface area contributed by atoms with Crippen LogP contribution in [0.15, 0.2) is 46.1 Å². The van der Waals surface area contributed by atoms with Crippen molar-refractivity contribution in [3.05, 3.63) is 51.9 Å². The molecule has 0 atom stereocenters. The molecule has 0 N–H and O–H groups in total. The van der Waals surface area contributed by atoms with Crippen LogP contribution in [0.1, 0.15) is 0 Å². The summed E-state index contributed by atoms with van der Waals surface area (Å²) >= 11 is 6.35. The Hall–Kier alpha value is -2.49. The average molecular weight is 451 g/mol. The maximum Gasteiger partial charge on any atom is 0.328 e. The average Bonchev–Trinajstić information content (AvgIpc) is 2.96. The minimum atomic E-state index is -3.81. The van der Waals surface area contributed by atoms with Crippen molar-refractivity contribution in [1.29, 1.82) is 0 Å². The Morgan fingerprint density at radius 3 is 2.20 bits per heavy atom. The van der Waals surface area contributed by atoms with Crippen LogP contribution in [-0.4, -0.2) is 55.1 Å². The Morgan fingerprint density at radius 1 is 0.967 bits per heavy atom. The second kappa shape index (κ2) is 7.64. The smallest absolute Gasteiger partial charge is 0.328 e. The molecule has 0 radical (unpaired) electrons. The zero-order valence-electron chi connectivity index (χ0n) is 17.0. The summed E-state index contributed by atoms with van der Waals surface area (Å²) < 4.78 is 36.4. The van der Waals surface area contributed by atoms with E-state index < -0.39 is 10.0 Å². The van der Waals surface area contributed by atoms with Crippen LogP contribution in [0.3, 0.4) is 0 Å². The fraction of sp³-hybridized carbons (Fsp3) is 0.350. The van der Waals surface area contributed by atoms with Crippen molar-refractivity contribution in [2.45, 2.75) is 4.90 Å². The summed E-state index contributed by atoms with van der Waals surface area (Å²) in [5.41, 5.74) is 1.82. The molecular weight excluding hydrogens is 428 g/mol. The Kier molecular flexibility index (Phi) is 5.29. The summed E-state index contributed by atoms with van der Waals surface area (Å²) in [5.74, 6) is 0.757. The third kappa shape index (κ3) is 3.27. The van der Waals surface area contributed by atoms with Gasteiger partial charge in [-0.05, 0) is 24.3 Å². The maximum atomic E-state index is 13.3. The number of para-hydroxylation sites is 2. The standard InChI is InChI=1S/C20H23ClN4O4S/c1-22-16-12-14(21)19(13-17(16)23(2)20(22)26)30(27,28)25-10-8-24(9-11-25)15-6-4-5-7-18(15)29-3/h4-7,12-13H,8-11H2,1-3H3. The van der Waals surface area contributed by atoms with Crippen molar-refractivity contribution >= 4 is 38.3 Å². The zero-order valence-corrected chi connectivity index (χ0v) is 18.6. The number of nitrogens with zero attached hydrogens (tertiary/aromatic N) is 4. The molecule has 0 amide bonds. The fourth-order valence-corrected chi connectivity index (χ4v) is 5.84. The van der Waals surface area contributed by atoms with Crippen molar-refractivity contribution in [1.82, 2.24) is 13.4 Å². The fourth-order valence-electron chi connectivity index (χ4n) is 3.90. The summed E-state index contributed by atoms with van der Waals surface area (Å²) in [4.78, 5) is 14.3. The molecule has 8 nitrogen and oxygen atoms in total. The van der Waals surface area contributed by atoms with Gasteiger partial charge in [-0.1, -0.05) is 23.7 Å². The molecule has 2 heterocycles. The van der Waals surface area contributed by atoms with Crippen LogP contribution in [0.25, 0.3) is 11.0 Å². The van der Waals surface area contributed by atoms with E-state index in [1.165, 1.54) is 25.6 Å². The van der Waals surface area contributed by atoms with Gasteiger partial charge in [0.2, 0.25) is 10.0 Å². The van der Waals surface area contributed by atoms with Crippen LogP contribution in [-0.2, 0) is 24.1 Å². The Bertz CT molecular complexity index is 1270. The summed E-state index contributed by atoms with van der Waals surface area (Å²) in [6.07, 6.45) is 0. The van der Waals surface area contributed by atoms with Crippen LogP contribution in [0, 0.1) is 0 Å². The predicted molar refractivity (Wildman–Crippen MR) is 117 cm³/mol. The first-order valence-electron chi connectivity index (χ1n) is 9.48. The van der Waals surface area contributed by atoms with Crippen LogP contribution >= 0.6 is 11.6 Å². The van der Waals surface area contributed by atoms with Crippen molar-refractivity contribution in [2.24, 2.45) is 14.1 Å². The van der Waals surface area contributed by atoms with E-state index >= 15 is 0 Å². The summed E-state index contributed by atoms with van der Waals surface area (Å²) in [7, 11) is 1.06. The number of anilines is 1. The number of methoxy groups -OCH3 is 1. The van der Waals surface area contributed by atoms with Crippen LogP contribution in [0.4, 0.5) is 5.69 Å². The van der Waals surface area contributed by atoms with Crippen molar-refractivity contribution in [3.8, 4) is 5.75 Å². The Balaban J connectivity index is 1.63. The normalized spacial score (nSPS) is 15.7. The number of hydrogen-bond donors (Lipinski definition) is 0. The van der Waals surface area contributed by atoms with Gasteiger partial charge in [-0.25, -0.2) is 13.2 Å². The lowest BCUT2D eigenvalue weighted by molar-refractivity contribution is 0.378. The number of benzene rings is 2. The number of sulfonamides is 1. The van der Waals surface area contributed by atoms with E-state index in [4.69, 9.17) is 16.3 Å². The van der Waals surface area contributed by atoms with Gasteiger partial charge in [0.1, 0.15) is 10.6 Å². The first-order valence-corrected chi connectivity index (χ1v) is 11.3. The van der Waals surface area contributed by atoms with E-state index in [1.807, 2.05) is 24.3 Å². The van der Waals surface area contributed by atoms with Gasteiger partial charge < -0.3 is 9.64 Å². The minimum absolute atomic E-state index is 0.0172. The molecule has 0 unspecified atom stereocenters. The molecule has 30 heavy (non-hydrogen) atoms. The highest BCUT2D eigenvalue weighted by Gasteiger charge is 2.31. The number of rotatable bonds is 4. The molecule has 1 aliphatic heterocycles. The number of imidazole rings is 1. The highest BCUT2D eigenvalue weighted by molar-refractivity contribution is 7.89.